The van der Waals surface area contributed by atoms with E-state index in [2.05, 4.69) is 10.6 Å². The highest BCUT2D eigenvalue weighted by molar-refractivity contribution is 6.30. The number of hydrogen-bond donors (Lipinski definition) is 2. The second-order valence-electron chi connectivity index (χ2n) is 6.20. The van der Waals surface area contributed by atoms with Crippen LogP contribution in [0.2, 0.25) is 5.02 Å². The van der Waals surface area contributed by atoms with Crippen LogP contribution in [0.4, 0.5) is 5.69 Å². The SMILES string of the molecule is O=C(NCCc1ccc(Cl)cc1)c1ccc(NC(=O)[C@@H]2CCCO2)cc1. The molecule has 0 bridgehead atoms. The van der Waals surface area contributed by atoms with Gasteiger partial charge in [-0.25, -0.2) is 0 Å². The maximum Gasteiger partial charge on any atom is 0.253 e. The van der Waals surface area contributed by atoms with E-state index in [1.807, 2.05) is 24.3 Å². The molecule has 1 saturated heterocycles. The lowest BCUT2D eigenvalue weighted by Crippen LogP contribution is -2.27. The normalized spacial score (nSPS) is 16.3. The molecule has 26 heavy (non-hydrogen) atoms. The van der Waals surface area contributed by atoms with Gasteiger partial charge >= 0.3 is 0 Å². The summed E-state index contributed by atoms with van der Waals surface area (Å²) >= 11 is 5.85. The summed E-state index contributed by atoms with van der Waals surface area (Å²) in [7, 11) is 0. The molecule has 5 nitrogen and oxygen atoms in total. The number of anilines is 1. The Morgan fingerprint density at radius 2 is 1.81 bits per heavy atom. The van der Waals surface area contributed by atoms with Gasteiger partial charge < -0.3 is 15.4 Å². The first-order valence-corrected chi connectivity index (χ1v) is 9.05. The van der Waals surface area contributed by atoms with Crippen LogP contribution in [-0.2, 0) is 16.0 Å². The van der Waals surface area contributed by atoms with Crippen molar-refractivity contribution in [2.45, 2.75) is 25.4 Å². The molecule has 0 saturated carbocycles. The van der Waals surface area contributed by atoms with Crippen molar-refractivity contribution >= 4 is 29.1 Å². The highest BCUT2D eigenvalue weighted by Gasteiger charge is 2.23. The van der Waals surface area contributed by atoms with Gasteiger partial charge in [0.25, 0.3) is 11.8 Å². The van der Waals surface area contributed by atoms with E-state index in [0.717, 1.165) is 24.8 Å². The van der Waals surface area contributed by atoms with E-state index in [9.17, 15) is 9.59 Å². The number of carbonyl (C=O) groups is 2. The van der Waals surface area contributed by atoms with E-state index in [-0.39, 0.29) is 17.9 Å². The van der Waals surface area contributed by atoms with Crippen molar-refractivity contribution in [3.8, 4) is 0 Å². The van der Waals surface area contributed by atoms with Gasteiger partial charge in [-0.3, -0.25) is 9.59 Å². The van der Waals surface area contributed by atoms with Gasteiger partial charge in [-0.15, -0.1) is 0 Å². The number of ether oxygens (including phenoxy) is 1. The zero-order valence-electron chi connectivity index (χ0n) is 14.3. The highest BCUT2D eigenvalue weighted by Crippen LogP contribution is 2.16. The Kier molecular flexibility index (Phi) is 6.26. The van der Waals surface area contributed by atoms with Crippen LogP contribution >= 0.6 is 11.6 Å². The fraction of sp³-hybridized carbons (Fsp3) is 0.300. The number of benzene rings is 2. The van der Waals surface area contributed by atoms with Gasteiger partial charge in [0.1, 0.15) is 6.10 Å². The fourth-order valence-corrected chi connectivity index (χ4v) is 2.91. The minimum absolute atomic E-state index is 0.136. The molecule has 0 aromatic heterocycles. The smallest absolute Gasteiger partial charge is 0.253 e. The van der Waals surface area contributed by atoms with E-state index >= 15 is 0 Å². The van der Waals surface area contributed by atoms with Crippen molar-refractivity contribution in [1.82, 2.24) is 5.32 Å². The lowest BCUT2D eigenvalue weighted by Gasteiger charge is -2.11. The molecule has 0 radical (unpaired) electrons. The first-order valence-electron chi connectivity index (χ1n) is 8.67. The number of nitrogens with one attached hydrogen (secondary N) is 2. The predicted octanol–water partition coefficient (Wildman–Crippen LogP) is 3.43. The standard InChI is InChI=1S/C20H21ClN2O3/c21-16-7-3-14(4-8-16)11-12-22-19(24)15-5-9-17(10-6-15)23-20(25)18-2-1-13-26-18/h3-10,18H,1-2,11-13H2,(H,22,24)(H,23,25)/t18-/m0/s1. The maximum atomic E-state index is 12.2. The molecule has 2 amide bonds. The van der Waals surface area contributed by atoms with Crippen LogP contribution in [0.3, 0.4) is 0 Å². The molecule has 0 unspecified atom stereocenters. The summed E-state index contributed by atoms with van der Waals surface area (Å²) in [5.74, 6) is -0.279. The lowest BCUT2D eigenvalue weighted by molar-refractivity contribution is -0.124. The Bertz CT molecular complexity index is 754. The summed E-state index contributed by atoms with van der Waals surface area (Å²) in [6.07, 6.45) is 2.02. The van der Waals surface area contributed by atoms with Gasteiger partial charge in [0.2, 0.25) is 0 Å². The minimum Gasteiger partial charge on any atom is -0.368 e. The van der Waals surface area contributed by atoms with Gasteiger partial charge in [-0.2, -0.15) is 0 Å². The molecule has 1 aliphatic rings. The van der Waals surface area contributed by atoms with Crippen LogP contribution in [0, 0.1) is 0 Å². The number of halogens is 1. The average Bonchev–Trinajstić information content (AvgIpc) is 3.19. The Morgan fingerprint density at radius 1 is 1.08 bits per heavy atom. The Labute approximate surface area is 157 Å². The van der Waals surface area contributed by atoms with E-state index in [1.54, 1.807) is 24.3 Å². The molecule has 0 aliphatic carbocycles. The van der Waals surface area contributed by atoms with Crippen molar-refractivity contribution in [3.05, 3.63) is 64.7 Å². The van der Waals surface area contributed by atoms with Crippen molar-refractivity contribution in [1.29, 1.82) is 0 Å². The zero-order chi connectivity index (χ0) is 18.4. The zero-order valence-corrected chi connectivity index (χ0v) is 15.1. The quantitative estimate of drug-likeness (QED) is 0.816. The number of amides is 2. The highest BCUT2D eigenvalue weighted by atomic mass is 35.5. The molecule has 0 spiro atoms. The molecule has 2 N–H and O–H groups in total. The molecular weight excluding hydrogens is 352 g/mol. The second kappa shape index (κ2) is 8.83. The number of rotatable bonds is 6. The average molecular weight is 373 g/mol. The maximum absolute atomic E-state index is 12.2. The van der Waals surface area contributed by atoms with Gasteiger partial charge in [-0.05, 0) is 61.2 Å². The van der Waals surface area contributed by atoms with E-state index in [1.165, 1.54) is 0 Å². The van der Waals surface area contributed by atoms with Crippen LogP contribution in [0.5, 0.6) is 0 Å². The number of carbonyl (C=O) groups excluding carboxylic acids is 2. The second-order valence-corrected chi connectivity index (χ2v) is 6.64. The van der Waals surface area contributed by atoms with E-state index in [0.29, 0.717) is 29.4 Å². The monoisotopic (exact) mass is 372 g/mol. The van der Waals surface area contributed by atoms with Crippen LogP contribution in [0.15, 0.2) is 48.5 Å². The topological polar surface area (TPSA) is 67.4 Å². The molecule has 1 atom stereocenters. The molecule has 1 aliphatic heterocycles. The van der Waals surface area contributed by atoms with E-state index in [4.69, 9.17) is 16.3 Å². The van der Waals surface area contributed by atoms with Gasteiger partial charge in [0.05, 0.1) is 0 Å². The van der Waals surface area contributed by atoms with Crippen molar-refractivity contribution in [2.75, 3.05) is 18.5 Å². The summed E-state index contributed by atoms with van der Waals surface area (Å²) in [6.45, 7) is 1.17. The first-order chi connectivity index (χ1) is 12.6. The third kappa shape index (κ3) is 5.07. The molecule has 6 heteroatoms. The summed E-state index contributed by atoms with van der Waals surface area (Å²) in [5.41, 5.74) is 2.32. The van der Waals surface area contributed by atoms with Gasteiger partial charge in [0.15, 0.2) is 0 Å². The Balaban J connectivity index is 1.47. The lowest BCUT2D eigenvalue weighted by atomic mass is 10.1. The number of hydrogen-bond acceptors (Lipinski definition) is 3. The Hall–Kier alpha value is -2.37. The third-order valence-corrected chi connectivity index (χ3v) is 4.50. The summed E-state index contributed by atoms with van der Waals surface area (Å²) in [6, 6.07) is 14.4. The third-order valence-electron chi connectivity index (χ3n) is 4.25. The van der Waals surface area contributed by atoms with E-state index < -0.39 is 0 Å². The van der Waals surface area contributed by atoms with Crippen LogP contribution in [-0.4, -0.2) is 31.1 Å². The fourth-order valence-electron chi connectivity index (χ4n) is 2.79. The molecular formula is C20H21ClN2O3. The van der Waals surface area contributed by atoms with Crippen molar-refractivity contribution in [3.63, 3.8) is 0 Å². The molecule has 1 heterocycles. The summed E-state index contributed by atoms with van der Waals surface area (Å²) < 4.78 is 5.35. The summed E-state index contributed by atoms with van der Waals surface area (Å²) in [4.78, 5) is 24.2. The largest absolute Gasteiger partial charge is 0.368 e. The molecule has 136 valence electrons. The van der Waals surface area contributed by atoms with Crippen LogP contribution in [0.25, 0.3) is 0 Å². The van der Waals surface area contributed by atoms with Gasteiger partial charge in [0, 0.05) is 29.4 Å². The molecule has 2 aromatic rings. The molecule has 3 rings (SSSR count). The van der Waals surface area contributed by atoms with Crippen molar-refractivity contribution in [2.24, 2.45) is 0 Å². The van der Waals surface area contributed by atoms with Crippen LogP contribution in [0.1, 0.15) is 28.8 Å². The first kappa shape index (κ1) is 18.4. The van der Waals surface area contributed by atoms with Crippen molar-refractivity contribution < 1.29 is 14.3 Å². The Morgan fingerprint density at radius 3 is 2.46 bits per heavy atom. The van der Waals surface area contributed by atoms with Gasteiger partial charge in [-0.1, -0.05) is 23.7 Å². The molecule has 2 aromatic carbocycles. The summed E-state index contributed by atoms with van der Waals surface area (Å²) in [5, 5.41) is 6.40. The van der Waals surface area contributed by atoms with Crippen LogP contribution < -0.4 is 10.6 Å². The minimum atomic E-state index is -0.370. The predicted molar refractivity (Wildman–Crippen MR) is 102 cm³/mol. The molecule has 1 fully saturated rings.